The number of rotatable bonds is 3. The van der Waals surface area contributed by atoms with E-state index >= 15 is 0 Å². The molecule has 0 amide bonds. The molecular formula is C5H10NO2P. The molecule has 3 nitrogen and oxygen atoms in total. The van der Waals surface area contributed by atoms with Crippen LogP contribution in [0.3, 0.4) is 0 Å². The lowest BCUT2D eigenvalue weighted by atomic mass is 10.5. The highest BCUT2D eigenvalue weighted by molar-refractivity contribution is 7.57. The number of hydrogen-bond donors (Lipinski definition) is 0. The summed E-state index contributed by atoms with van der Waals surface area (Å²) in [6.07, 6.45) is 0.311. The van der Waals surface area contributed by atoms with Crippen LogP contribution in [0.2, 0.25) is 0 Å². The van der Waals surface area contributed by atoms with Gasteiger partial charge in [0.15, 0.2) is 7.37 Å². The Balaban J connectivity index is 3.32. The zero-order valence-electron chi connectivity index (χ0n) is 5.63. The molecule has 9 heavy (non-hydrogen) atoms. The first-order chi connectivity index (χ1) is 4.06. The zero-order valence-corrected chi connectivity index (χ0v) is 6.52. The molecule has 0 aromatic carbocycles. The third-order valence-electron chi connectivity index (χ3n) is 0.616. The Morgan fingerprint density at radius 3 is 2.56 bits per heavy atom. The Morgan fingerprint density at radius 2 is 2.22 bits per heavy atom. The highest BCUT2D eigenvalue weighted by Gasteiger charge is 2.04. The van der Waals surface area contributed by atoms with Crippen molar-refractivity contribution in [3.63, 3.8) is 0 Å². The normalized spacial score (nSPS) is 10.8. The van der Waals surface area contributed by atoms with Gasteiger partial charge >= 0.3 is 0 Å². The monoisotopic (exact) mass is 147 g/mol. The molecule has 0 unspecified atom stereocenters. The maximum Gasteiger partial charge on any atom is 0.197 e. The predicted octanol–water partition coefficient (Wildman–Crippen LogP) is 1.45. The van der Waals surface area contributed by atoms with Gasteiger partial charge in [0.1, 0.15) is 0 Å². The van der Waals surface area contributed by atoms with E-state index in [1.165, 1.54) is 13.3 Å². The van der Waals surface area contributed by atoms with Gasteiger partial charge in [0.05, 0.1) is 19.1 Å². The second-order valence-corrected chi connectivity index (χ2v) is 4.76. The third-order valence-corrected chi connectivity index (χ3v) is 1.42. The van der Waals surface area contributed by atoms with Crippen molar-refractivity contribution in [1.82, 2.24) is 0 Å². The van der Waals surface area contributed by atoms with Crippen LogP contribution in [0.15, 0.2) is 0 Å². The van der Waals surface area contributed by atoms with Crippen molar-refractivity contribution in [3.8, 4) is 6.07 Å². The van der Waals surface area contributed by atoms with E-state index in [1.54, 1.807) is 0 Å². The maximum absolute atomic E-state index is 10.8. The van der Waals surface area contributed by atoms with Gasteiger partial charge in [-0.25, -0.2) is 0 Å². The Kier molecular flexibility index (Phi) is 3.53. The van der Waals surface area contributed by atoms with Gasteiger partial charge in [-0.1, -0.05) is 0 Å². The zero-order chi connectivity index (χ0) is 7.33. The fourth-order valence-electron chi connectivity index (χ4n) is 0.311. The fourth-order valence-corrected chi connectivity index (χ4v) is 0.842. The van der Waals surface area contributed by atoms with Crippen LogP contribution in [-0.4, -0.2) is 19.9 Å². The van der Waals surface area contributed by atoms with Crippen molar-refractivity contribution in [1.29, 1.82) is 5.26 Å². The molecule has 0 saturated carbocycles. The molecule has 0 aromatic rings. The molecule has 0 radical (unpaired) electrons. The molecule has 0 spiro atoms. The van der Waals surface area contributed by atoms with Crippen molar-refractivity contribution in [2.45, 2.75) is 6.42 Å². The highest BCUT2D eigenvalue weighted by Crippen LogP contribution is 2.36. The Labute approximate surface area is 55.1 Å². The minimum absolute atomic E-state index is 0.279. The summed E-state index contributed by atoms with van der Waals surface area (Å²) in [6.45, 7) is 3.34. The van der Waals surface area contributed by atoms with E-state index in [0.717, 1.165) is 0 Å². The van der Waals surface area contributed by atoms with Gasteiger partial charge in [-0.05, 0) is 0 Å². The molecule has 4 heteroatoms. The average molecular weight is 147 g/mol. The second kappa shape index (κ2) is 3.66. The topological polar surface area (TPSA) is 50.1 Å². The molecule has 0 aromatic heterocycles. The third kappa shape index (κ3) is 7.68. The lowest BCUT2D eigenvalue weighted by Gasteiger charge is -2.04. The summed E-state index contributed by atoms with van der Waals surface area (Å²) in [6, 6.07) is 1.89. The van der Waals surface area contributed by atoms with E-state index in [4.69, 9.17) is 9.79 Å². The highest BCUT2D eigenvalue weighted by atomic mass is 31.2. The predicted molar refractivity (Wildman–Crippen MR) is 35.6 cm³/mol. The molecule has 0 fully saturated rings. The van der Waals surface area contributed by atoms with Gasteiger partial charge < -0.3 is 4.52 Å². The van der Waals surface area contributed by atoms with E-state index in [-0.39, 0.29) is 6.61 Å². The van der Waals surface area contributed by atoms with E-state index in [2.05, 4.69) is 0 Å². The van der Waals surface area contributed by atoms with Gasteiger partial charge in [0, 0.05) is 13.3 Å². The summed E-state index contributed by atoms with van der Waals surface area (Å²) in [5, 5.41) is 8.04. The lowest BCUT2D eigenvalue weighted by molar-refractivity contribution is 0.329. The van der Waals surface area contributed by atoms with E-state index < -0.39 is 7.37 Å². The summed E-state index contributed by atoms with van der Waals surface area (Å²) in [7, 11) is -2.35. The first-order valence-electron chi connectivity index (χ1n) is 2.63. The molecule has 52 valence electrons. The fraction of sp³-hybridized carbons (Fsp3) is 0.800. The Morgan fingerprint density at radius 1 is 1.67 bits per heavy atom. The van der Waals surface area contributed by atoms with Crippen LogP contribution in [0.5, 0.6) is 0 Å². The SMILES string of the molecule is CP(C)(=O)OCCC#N. The summed E-state index contributed by atoms with van der Waals surface area (Å²) < 4.78 is 15.6. The molecule has 0 rings (SSSR count). The van der Waals surface area contributed by atoms with Crippen LogP contribution in [0.4, 0.5) is 0 Å². The maximum atomic E-state index is 10.8. The van der Waals surface area contributed by atoms with Crippen molar-refractivity contribution in [2.24, 2.45) is 0 Å². The first kappa shape index (κ1) is 8.68. The van der Waals surface area contributed by atoms with Gasteiger partial charge in [-0.3, -0.25) is 4.57 Å². The van der Waals surface area contributed by atoms with Gasteiger partial charge in [-0.2, -0.15) is 5.26 Å². The van der Waals surface area contributed by atoms with Crippen LogP contribution in [-0.2, 0) is 9.09 Å². The van der Waals surface area contributed by atoms with Crippen molar-refractivity contribution in [3.05, 3.63) is 0 Å². The van der Waals surface area contributed by atoms with Crippen molar-refractivity contribution in [2.75, 3.05) is 19.9 Å². The molecule has 0 bridgehead atoms. The van der Waals surface area contributed by atoms with Gasteiger partial charge in [-0.15, -0.1) is 0 Å². The van der Waals surface area contributed by atoms with E-state index in [1.807, 2.05) is 6.07 Å². The molecular weight excluding hydrogens is 137 g/mol. The van der Waals surface area contributed by atoms with E-state index in [0.29, 0.717) is 6.42 Å². The van der Waals surface area contributed by atoms with E-state index in [9.17, 15) is 4.57 Å². The van der Waals surface area contributed by atoms with Crippen molar-refractivity contribution >= 4 is 7.37 Å². The summed E-state index contributed by atoms with van der Waals surface area (Å²) >= 11 is 0. The summed E-state index contributed by atoms with van der Waals surface area (Å²) in [4.78, 5) is 0. The molecule has 0 saturated heterocycles. The molecule has 0 aliphatic rings. The van der Waals surface area contributed by atoms with Gasteiger partial charge in [0.2, 0.25) is 0 Å². The first-order valence-corrected chi connectivity index (χ1v) is 5.14. The second-order valence-electron chi connectivity index (χ2n) is 1.99. The standard InChI is InChI=1S/C5H10NO2P/c1-9(2,7)8-5-3-4-6/h3,5H2,1-2H3. The molecule has 0 N–H and O–H groups in total. The lowest BCUT2D eigenvalue weighted by Crippen LogP contribution is -1.88. The summed E-state index contributed by atoms with van der Waals surface area (Å²) in [5.74, 6) is 0. The largest absolute Gasteiger partial charge is 0.328 e. The number of nitriles is 1. The van der Waals surface area contributed by atoms with Crippen molar-refractivity contribution < 1.29 is 9.09 Å². The van der Waals surface area contributed by atoms with Crippen LogP contribution >= 0.6 is 7.37 Å². The summed E-state index contributed by atoms with van der Waals surface area (Å²) in [5.41, 5.74) is 0. The molecule has 0 heterocycles. The Bertz CT molecular complexity index is 155. The molecule has 0 aliphatic carbocycles. The van der Waals surface area contributed by atoms with Crippen LogP contribution in [0.1, 0.15) is 6.42 Å². The minimum Gasteiger partial charge on any atom is -0.328 e. The molecule has 0 aliphatic heterocycles. The number of hydrogen-bond acceptors (Lipinski definition) is 3. The van der Waals surface area contributed by atoms with Crippen LogP contribution in [0, 0.1) is 11.3 Å². The van der Waals surface area contributed by atoms with Crippen LogP contribution < -0.4 is 0 Å². The quantitative estimate of drug-likeness (QED) is 0.448. The smallest absolute Gasteiger partial charge is 0.197 e. The molecule has 0 atom stereocenters. The average Bonchev–Trinajstić information content (AvgIpc) is 1.63. The number of nitrogens with zero attached hydrogens (tertiary/aromatic N) is 1. The minimum atomic E-state index is -2.35. The Hall–Kier alpha value is -0.320. The van der Waals surface area contributed by atoms with Crippen LogP contribution in [0.25, 0.3) is 0 Å². The van der Waals surface area contributed by atoms with Gasteiger partial charge in [0.25, 0.3) is 0 Å².